The molecule has 0 saturated heterocycles. The fourth-order valence-electron chi connectivity index (χ4n) is 1.22. The highest BCUT2D eigenvalue weighted by Gasteiger charge is 2.09. The van der Waals surface area contributed by atoms with Gasteiger partial charge in [0.25, 0.3) is 0 Å². The van der Waals surface area contributed by atoms with Crippen molar-refractivity contribution >= 4 is 11.5 Å². The Kier molecular flexibility index (Phi) is 2.66. The summed E-state index contributed by atoms with van der Waals surface area (Å²) < 4.78 is 13.2. The molecule has 0 spiro atoms. The smallest absolute Gasteiger partial charge is 0.162 e. The average Bonchev–Trinajstić information content (AvgIpc) is 2.07. The second-order valence-electron chi connectivity index (χ2n) is 2.95. The summed E-state index contributed by atoms with van der Waals surface area (Å²) in [6, 6.07) is 2.90. The van der Waals surface area contributed by atoms with Crippen LogP contribution in [-0.4, -0.2) is 12.8 Å². The topological polar surface area (TPSA) is 29.1 Å². The van der Waals surface area contributed by atoms with Gasteiger partial charge in [-0.05, 0) is 31.5 Å². The lowest BCUT2D eigenvalue weighted by Gasteiger charge is -2.07. The van der Waals surface area contributed by atoms with E-state index in [9.17, 15) is 9.18 Å². The highest BCUT2D eigenvalue weighted by atomic mass is 19.1. The number of nitrogens with one attached hydrogen (secondary N) is 1. The van der Waals surface area contributed by atoms with Gasteiger partial charge in [0.1, 0.15) is 5.82 Å². The molecule has 0 radical (unpaired) electrons. The lowest BCUT2D eigenvalue weighted by Crippen LogP contribution is -2.01. The number of halogens is 1. The van der Waals surface area contributed by atoms with Crippen LogP contribution in [0.25, 0.3) is 0 Å². The number of rotatable bonds is 2. The molecular formula is C10H12FNO. The third kappa shape index (κ3) is 1.86. The molecule has 0 heterocycles. The van der Waals surface area contributed by atoms with Gasteiger partial charge in [-0.15, -0.1) is 0 Å². The molecule has 0 fully saturated rings. The van der Waals surface area contributed by atoms with Gasteiger partial charge in [0.2, 0.25) is 0 Å². The third-order valence-corrected chi connectivity index (χ3v) is 1.96. The summed E-state index contributed by atoms with van der Waals surface area (Å²) in [5.74, 6) is -0.717. The van der Waals surface area contributed by atoms with Crippen LogP contribution < -0.4 is 5.32 Å². The van der Waals surface area contributed by atoms with E-state index in [0.717, 1.165) is 5.56 Å². The van der Waals surface area contributed by atoms with Crippen molar-refractivity contribution in [3.63, 3.8) is 0 Å². The van der Waals surface area contributed by atoms with E-state index in [4.69, 9.17) is 0 Å². The monoisotopic (exact) mass is 181 g/mol. The molecule has 0 aliphatic heterocycles. The van der Waals surface area contributed by atoms with Crippen molar-refractivity contribution in [2.75, 3.05) is 12.4 Å². The molecule has 13 heavy (non-hydrogen) atoms. The highest BCUT2D eigenvalue weighted by molar-refractivity contribution is 5.95. The Hall–Kier alpha value is -1.38. The maximum atomic E-state index is 13.2. The molecule has 0 aliphatic rings. The van der Waals surface area contributed by atoms with Crippen molar-refractivity contribution < 1.29 is 9.18 Å². The summed E-state index contributed by atoms with van der Waals surface area (Å²) in [6.07, 6.45) is 0. The van der Waals surface area contributed by atoms with Gasteiger partial charge in [0.05, 0.1) is 5.56 Å². The zero-order valence-electron chi connectivity index (χ0n) is 7.94. The Morgan fingerprint density at radius 3 is 2.54 bits per heavy atom. The van der Waals surface area contributed by atoms with Crippen LogP contribution >= 0.6 is 0 Å². The Bertz CT molecular complexity index is 347. The molecular weight excluding hydrogens is 169 g/mol. The molecule has 0 amide bonds. The number of carbonyl (C=O) groups excluding carboxylic acids is 1. The van der Waals surface area contributed by atoms with Crippen LogP contribution in [0.2, 0.25) is 0 Å². The van der Waals surface area contributed by atoms with Gasteiger partial charge < -0.3 is 5.32 Å². The molecule has 0 unspecified atom stereocenters. The van der Waals surface area contributed by atoms with Gasteiger partial charge >= 0.3 is 0 Å². The van der Waals surface area contributed by atoms with Gasteiger partial charge in [0, 0.05) is 12.7 Å². The second kappa shape index (κ2) is 3.56. The zero-order valence-corrected chi connectivity index (χ0v) is 7.94. The molecule has 0 aliphatic carbocycles. The summed E-state index contributed by atoms with van der Waals surface area (Å²) >= 11 is 0. The van der Waals surface area contributed by atoms with E-state index < -0.39 is 5.82 Å². The van der Waals surface area contributed by atoms with Crippen LogP contribution in [0.3, 0.4) is 0 Å². The predicted molar refractivity (Wildman–Crippen MR) is 50.7 cm³/mol. The van der Waals surface area contributed by atoms with Gasteiger partial charge in [-0.2, -0.15) is 0 Å². The van der Waals surface area contributed by atoms with E-state index in [1.165, 1.54) is 13.0 Å². The first-order valence-corrected chi connectivity index (χ1v) is 4.05. The molecule has 70 valence electrons. The van der Waals surface area contributed by atoms with E-state index >= 15 is 0 Å². The van der Waals surface area contributed by atoms with E-state index in [1.807, 2.05) is 6.92 Å². The summed E-state index contributed by atoms with van der Waals surface area (Å²) in [6.45, 7) is 3.19. The van der Waals surface area contributed by atoms with Gasteiger partial charge in [-0.25, -0.2) is 4.39 Å². The Balaban J connectivity index is 3.28. The number of hydrogen-bond acceptors (Lipinski definition) is 2. The molecule has 0 bridgehead atoms. The average molecular weight is 181 g/mol. The van der Waals surface area contributed by atoms with Crippen molar-refractivity contribution in [3.8, 4) is 0 Å². The number of carbonyl (C=O) groups is 1. The molecule has 0 aromatic heterocycles. The molecule has 1 aromatic rings. The first-order valence-electron chi connectivity index (χ1n) is 4.05. The number of Topliss-reactive ketones (excluding diaryl/α,β-unsaturated/α-hetero) is 1. The molecule has 1 N–H and O–H groups in total. The Morgan fingerprint density at radius 2 is 2.08 bits per heavy atom. The summed E-state index contributed by atoms with van der Waals surface area (Å²) in [4.78, 5) is 11.0. The van der Waals surface area contributed by atoms with Crippen molar-refractivity contribution in [1.82, 2.24) is 0 Å². The molecule has 0 atom stereocenters. The second-order valence-corrected chi connectivity index (χ2v) is 2.95. The van der Waals surface area contributed by atoms with E-state index in [1.54, 1.807) is 13.1 Å². The van der Waals surface area contributed by atoms with Crippen LogP contribution in [0.1, 0.15) is 22.8 Å². The zero-order chi connectivity index (χ0) is 10.0. The van der Waals surface area contributed by atoms with Crippen LogP contribution in [-0.2, 0) is 0 Å². The molecule has 2 nitrogen and oxygen atoms in total. The normalized spacial score (nSPS) is 9.85. The summed E-state index contributed by atoms with van der Waals surface area (Å²) in [5.41, 5.74) is 1.73. The van der Waals surface area contributed by atoms with E-state index in [2.05, 4.69) is 5.32 Å². The number of benzene rings is 1. The lowest BCUT2D eigenvalue weighted by atomic mass is 10.1. The number of hydrogen-bond donors (Lipinski definition) is 1. The van der Waals surface area contributed by atoms with Gasteiger partial charge in [-0.3, -0.25) is 4.79 Å². The van der Waals surface area contributed by atoms with Crippen molar-refractivity contribution in [2.24, 2.45) is 0 Å². The lowest BCUT2D eigenvalue weighted by molar-refractivity contribution is 0.101. The first-order chi connectivity index (χ1) is 6.06. The maximum absolute atomic E-state index is 13.2. The fraction of sp³-hybridized carbons (Fsp3) is 0.300. The van der Waals surface area contributed by atoms with E-state index in [-0.39, 0.29) is 11.3 Å². The molecule has 0 saturated carbocycles. The predicted octanol–water partition coefficient (Wildman–Crippen LogP) is 2.38. The van der Waals surface area contributed by atoms with Crippen LogP contribution in [0.5, 0.6) is 0 Å². The standard InChI is InChI=1S/C10H12FNO/c1-6-4-8(7(2)13)9(11)5-10(6)12-3/h4-5,12H,1-3H3. The fourth-order valence-corrected chi connectivity index (χ4v) is 1.22. The summed E-state index contributed by atoms with van der Waals surface area (Å²) in [5, 5.41) is 2.85. The summed E-state index contributed by atoms with van der Waals surface area (Å²) in [7, 11) is 1.72. The highest BCUT2D eigenvalue weighted by Crippen LogP contribution is 2.19. The Labute approximate surface area is 76.8 Å². The van der Waals surface area contributed by atoms with Crippen LogP contribution in [0, 0.1) is 12.7 Å². The molecule has 1 rings (SSSR count). The quantitative estimate of drug-likeness (QED) is 0.710. The number of ketones is 1. The maximum Gasteiger partial charge on any atom is 0.162 e. The van der Waals surface area contributed by atoms with Crippen LogP contribution in [0.4, 0.5) is 10.1 Å². The van der Waals surface area contributed by atoms with Crippen molar-refractivity contribution in [1.29, 1.82) is 0 Å². The van der Waals surface area contributed by atoms with E-state index in [0.29, 0.717) is 5.69 Å². The molecule has 3 heteroatoms. The minimum Gasteiger partial charge on any atom is -0.388 e. The largest absolute Gasteiger partial charge is 0.388 e. The minimum atomic E-state index is -0.470. The van der Waals surface area contributed by atoms with Crippen molar-refractivity contribution in [2.45, 2.75) is 13.8 Å². The van der Waals surface area contributed by atoms with Gasteiger partial charge in [-0.1, -0.05) is 0 Å². The number of aryl methyl sites for hydroxylation is 1. The van der Waals surface area contributed by atoms with Crippen molar-refractivity contribution in [3.05, 3.63) is 29.1 Å². The van der Waals surface area contributed by atoms with Gasteiger partial charge in [0.15, 0.2) is 5.78 Å². The number of anilines is 1. The first kappa shape index (κ1) is 9.71. The Morgan fingerprint density at radius 1 is 1.46 bits per heavy atom. The third-order valence-electron chi connectivity index (χ3n) is 1.96. The molecule has 1 aromatic carbocycles. The van der Waals surface area contributed by atoms with Crippen LogP contribution in [0.15, 0.2) is 12.1 Å². The SMILES string of the molecule is CNc1cc(F)c(C(C)=O)cc1C. The minimum absolute atomic E-state index is 0.150.